The molecule has 324 valence electrons. The lowest BCUT2D eigenvalue weighted by molar-refractivity contribution is 0.0139. The zero-order chi connectivity index (χ0) is 43.1. The van der Waals surface area contributed by atoms with Crippen molar-refractivity contribution >= 4 is 28.7 Å². The summed E-state index contributed by atoms with van der Waals surface area (Å²) in [5.74, 6) is -0.418. The number of rotatable bonds is 14. The van der Waals surface area contributed by atoms with Crippen molar-refractivity contribution in [1.29, 1.82) is 0 Å². The summed E-state index contributed by atoms with van der Waals surface area (Å²) in [7, 11) is 2.03. The number of aryl methyl sites for hydroxylation is 2. The third-order valence-corrected chi connectivity index (χ3v) is 11.4. The van der Waals surface area contributed by atoms with Crippen LogP contribution >= 0.6 is 0 Å². The van der Waals surface area contributed by atoms with Crippen LogP contribution in [0.3, 0.4) is 0 Å². The highest BCUT2D eigenvalue weighted by molar-refractivity contribution is 5.95. The van der Waals surface area contributed by atoms with E-state index in [1.54, 1.807) is 11.0 Å². The zero-order valence-electron chi connectivity index (χ0n) is 36.6. The molecule has 5 aromatic rings. The third kappa shape index (κ3) is 11.1. The van der Waals surface area contributed by atoms with Gasteiger partial charge in [0.1, 0.15) is 11.4 Å². The minimum absolute atomic E-state index is 0.151. The van der Waals surface area contributed by atoms with Crippen LogP contribution in [0.15, 0.2) is 72.9 Å². The normalized spacial score (nSPS) is 15.4. The van der Waals surface area contributed by atoms with E-state index in [0.717, 1.165) is 102 Å². The highest BCUT2D eigenvalue weighted by atomic mass is 19.1. The van der Waals surface area contributed by atoms with Gasteiger partial charge in [0.25, 0.3) is 5.91 Å². The van der Waals surface area contributed by atoms with Gasteiger partial charge < -0.3 is 25.0 Å². The minimum atomic E-state index is -0.521. The molecule has 0 bridgehead atoms. The highest BCUT2D eigenvalue weighted by Gasteiger charge is 2.26. The van der Waals surface area contributed by atoms with Gasteiger partial charge in [-0.3, -0.25) is 14.6 Å². The van der Waals surface area contributed by atoms with Crippen LogP contribution in [-0.2, 0) is 48.6 Å². The van der Waals surface area contributed by atoms with Crippen LogP contribution in [-0.4, -0.2) is 99.5 Å². The zero-order valence-corrected chi connectivity index (χ0v) is 36.6. The lowest BCUT2D eigenvalue weighted by Crippen LogP contribution is -2.49. The van der Waals surface area contributed by atoms with E-state index in [9.17, 15) is 9.59 Å². The predicted octanol–water partition coefficient (Wildman–Crippen LogP) is 8.03. The number of pyridine rings is 1. The van der Waals surface area contributed by atoms with Crippen LogP contribution in [0, 0.1) is 5.82 Å². The fourth-order valence-electron chi connectivity index (χ4n) is 8.26. The molecular weight excluding hydrogens is 772 g/mol. The number of ether oxygens (including phenoxy) is 2. The van der Waals surface area contributed by atoms with Gasteiger partial charge in [0, 0.05) is 101 Å². The van der Waals surface area contributed by atoms with E-state index in [1.165, 1.54) is 0 Å². The molecule has 0 unspecified atom stereocenters. The molecular formula is C48H61FN8O4. The first-order valence-electron chi connectivity index (χ1n) is 21.7. The Morgan fingerprint density at radius 3 is 2.38 bits per heavy atom. The number of amides is 2. The Hall–Kier alpha value is -5.37. The maximum Gasteiger partial charge on any atom is 0.410 e. The van der Waals surface area contributed by atoms with Crippen LogP contribution in [0.1, 0.15) is 85.8 Å². The van der Waals surface area contributed by atoms with Crippen molar-refractivity contribution < 1.29 is 23.5 Å². The van der Waals surface area contributed by atoms with Crippen molar-refractivity contribution in [3.8, 4) is 11.1 Å². The van der Waals surface area contributed by atoms with Crippen molar-refractivity contribution in [2.45, 2.75) is 98.2 Å². The number of fused-ring (bicyclic) bond motifs is 1. The lowest BCUT2D eigenvalue weighted by atomic mass is 10.00. The van der Waals surface area contributed by atoms with Crippen LogP contribution in [0.2, 0.25) is 0 Å². The van der Waals surface area contributed by atoms with Crippen molar-refractivity contribution in [2.75, 3.05) is 51.8 Å². The molecule has 0 saturated carbocycles. The van der Waals surface area contributed by atoms with Gasteiger partial charge in [-0.25, -0.2) is 18.9 Å². The number of aromatic nitrogens is 3. The summed E-state index contributed by atoms with van der Waals surface area (Å²) in [6.45, 7) is 16.9. The molecule has 7 rings (SSSR count). The topological polar surface area (TPSA) is 117 Å². The molecule has 2 aromatic heterocycles. The van der Waals surface area contributed by atoms with Crippen molar-refractivity contribution in [3.05, 3.63) is 112 Å². The molecule has 2 fully saturated rings. The quantitative estimate of drug-likeness (QED) is 0.115. The van der Waals surface area contributed by atoms with E-state index < -0.39 is 5.60 Å². The smallest absolute Gasteiger partial charge is 0.410 e. The standard InChI is InChI=1S/C48H61FN8O4/c1-7-43-40(44(52-38-17-23-60-24-18-38)41-29-51-57(8-2)45(41)53-43)28-50-46(58)37-14-10-11-33(26-37)30-54(6)31-35-15-16-42(49)39(27-35)36-13-9-12-34(25-36)32-55-19-21-56(22-20-55)47(59)61-48(3,4)5/h9-16,25-27,29,38H,7-8,17-24,28,30-32H2,1-6H3,(H,50,58)(H,52,53). The molecule has 0 atom stereocenters. The number of piperazine rings is 1. The second-order valence-corrected chi connectivity index (χ2v) is 17.3. The Kier molecular flexibility index (Phi) is 14.0. The summed E-state index contributed by atoms with van der Waals surface area (Å²) in [6, 6.07) is 21.4. The summed E-state index contributed by atoms with van der Waals surface area (Å²) in [5.41, 5.74) is 8.32. The average Bonchev–Trinajstić information content (AvgIpc) is 3.67. The van der Waals surface area contributed by atoms with Gasteiger partial charge in [0.15, 0.2) is 5.65 Å². The molecule has 4 heterocycles. The van der Waals surface area contributed by atoms with Gasteiger partial charge in [-0.1, -0.05) is 43.3 Å². The van der Waals surface area contributed by atoms with Crippen molar-refractivity contribution in [3.63, 3.8) is 0 Å². The molecule has 2 aliphatic heterocycles. The fourth-order valence-corrected chi connectivity index (χ4v) is 8.26. The second kappa shape index (κ2) is 19.6. The van der Waals surface area contributed by atoms with Gasteiger partial charge in [0.2, 0.25) is 0 Å². The first-order chi connectivity index (χ1) is 29.4. The second-order valence-electron chi connectivity index (χ2n) is 17.3. The molecule has 2 amide bonds. The molecule has 0 aliphatic carbocycles. The number of anilines is 1. The Bertz CT molecular complexity index is 2310. The van der Waals surface area contributed by atoms with Gasteiger partial charge in [-0.15, -0.1) is 0 Å². The molecule has 2 N–H and O–H groups in total. The van der Waals surface area contributed by atoms with E-state index in [4.69, 9.17) is 14.5 Å². The largest absolute Gasteiger partial charge is 0.444 e. The predicted molar refractivity (Wildman–Crippen MR) is 238 cm³/mol. The monoisotopic (exact) mass is 832 g/mol. The molecule has 0 spiro atoms. The first-order valence-corrected chi connectivity index (χ1v) is 21.7. The maximum absolute atomic E-state index is 15.4. The maximum atomic E-state index is 15.4. The number of carbonyl (C=O) groups excluding carboxylic acids is 2. The summed E-state index contributed by atoms with van der Waals surface area (Å²) < 4.78 is 28.5. The minimum Gasteiger partial charge on any atom is -0.444 e. The molecule has 2 saturated heterocycles. The van der Waals surface area contributed by atoms with Gasteiger partial charge in [-0.2, -0.15) is 5.10 Å². The summed E-state index contributed by atoms with van der Waals surface area (Å²) >= 11 is 0. The van der Waals surface area contributed by atoms with Gasteiger partial charge in [-0.05, 0) is 107 Å². The molecule has 13 heteroatoms. The number of carbonyl (C=O) groups is 2. The summed E-state index contributed by atoms with van der Waals surface area (Å²) in [6.07, 6.45) is 4.16. The van der Waals surface area contributed by atoms with Gasteiger partial charge >= 0.3 is 6.09 Å². The van der Waals surface area contributed by atoms with Crippen LogP contribution in [0.25, 0.3) is 22.2 Å². The number of nitrogens with one attached hydrogen (secondary N) is 2. The van der Waals surface area contributed by atoms with E-state index in [0.29, 0.717) is 50.4 Å². The van der Waals surface area contributed by atoms with E-state index >= 15 is 4.39 Å². The fraction of sp³-hybridized carbons (Fsp3) is 0.458. The van der Waals surface area contributed by atoms with Crippen LogP contribution in [0.4, 0.5) is 14.9 Å². The molecule has 61 heavy (non-hydrogen) atoms. The molecule has 3 aromatic carbocycles. The average molecular weight is 833 g/mol. The lowest BCUT2D eigenvalue weighted by Gasteiger charge is -2.35. The number of halogens is 1. The van der Waals surface area contributed by atoms with Crippen molar-refractivity contribution in [1.82, 2.24) is 34.8 Å². The Morgan fingerprint density at radius 2 is 1.66 bits per heavy atom. The highest BCUT2D eigenvalue weighted by Crippen LogP contribution is 2.32. The SMILES string of the molecule is CCc1nc2c(cnn2CC)c(NC2CCOCC2)c1CNC(=O)c1cccc(CN(C)Cc2ccc(F)c(-c3cccc(CN4CCN(C(=O)OC(C)(C)C)CC4)c3)c2)c1. The third-order valence-electron chi connectivity index (χ3n) is 11.4. The molecule has 2 aliphatic rings. The number of hydrogen-bond acceptors (Lipinski definition) is 9. The van der Waals surface area contributed by atoms with E-state index in [1.807, 2.05) is 87.2 Å². The Labute approximate surface area is 359 Å². The Balaban J connectivity index is 0.975. The first kappa shape index (κ1) is 43.7. The van der Waals surface area contributed by atoms with E-state index in [-0.39, 0.29) is 23.9 Å². The summed E-state index contributed by atoms with van der Waals surface area (Å²) in [4.78, 5) is 37.5. The van der Waals surface area contributed by atoms with Crippen molar-refractivity contribution in [2.24, 2.45) is 0 Å². The van der Waals surface area contributed by atoms with Crippen LogP contribution < -0.4 is 10.6 Å². The number of hydrogen-bond donors (Lipinski definition) is 2. The van der Waals surface area contributed by atoms with E-state index in [2.05, 4.69) is 51.5 Å². The molecule has 12 nitrogen and oxygen atoms in total. The van der Waals surface area contributed by atoms with Gasteiger partial charge in [0.05, 0.1) is 17.3 Å². The number of nitrogens with zero attached hydrogens (tertiary/aromatic N) is 6. The molecule has 0 radical (unpaired) electrons. The summed E-state index contributed by atoms with van der Waals surface area (Å²) in [5, 5.41) is 12.6. The number of benzene rings is 3. The van der Waals surface area contributed by atoms with Crippen LogP contribution in [0.5, 0.6) is 0 Å². The Morgan fingerprint density at radius 1 is 0.934 bits per heavy atom.